The summed E-state index contributed by atoms with van der Waals surface area (Å²) >= 11 is 0. The maximum absolute atomic E-state index is 10.9. The minimum absolute atomic E-state index is 0.0357. The van der Waals surface area contributed by atoms with Gasteiger partial charge in [-0.15, -0.1) is 0 Å². The zero-order valence-electron chi connectivity index (χ0n) is 10.1. The Hall–Kier alpha value is -0.375. The number of hydrogen-bond acceptors (Lipinski definition) is 2. The molecule has 1 atom stereocenters. The highest BCUT2D eigenvalue weighted by molar-refractivity contribution is 6.50. The molecule has 0 rings (SSSR count). The predicted molar refractivity (Wildman–Crippen MR) is 67.3 cm³/mol. The predicted octanol–water partition coefficient (Wildman–Crippen LogP) is -1.81. The molecule has 0 aromatic heterocycles. The third-order valence-electron chi connectivity index (χ3n) is 2.07. The minimum atomic E-state index is -0.736. The van der Waals surface area contributed by atoms with E-state index in [2.05, 4.69) is 26.1 Å². The Morgan fingerprint density at radius 1 is 1.43 bits per heavy atom. The molecule has 0 spiro atoms. The lowest BCUT2D eigenvalue weighted by Gasteiger charge is -2.30. The Labute approximate surface area is 89.3 Å². The number of hydrogen-bond donors (Lipinski definition) is 2. The molecular weight excluding hydrogens is 175 g/mol. The van der Waals surface area contributed by atoms with E-state index in [4.69, 9.17) is 5.11 Å². The van der Waals surface area contributed by atoms with Gasteiger partial charge in [-0.05, 0) is 33.1 Å². The summed E-state index contributed by atoms with van der Waals surface area (Å²) in [4.78, 5) is 10.9. The molecule has 0 aromatic carbocycles. The number of carbonyl (C=O) groups is 1. The first-order valence-electron chi connectivity index (χ1n) is 5.06. The molecule has 2 N–H and O–H groups in total. The maximum atomic E-state index is 10.9. The normalized spacial score (nSPS) is 15.1. The van der Waals surface area contributed by atoms with Crippen LogP contribution in [0.1, 0.15) is 27.2 Å². The fourth-order valence-electron chi connectivity index (χ4n) is 1.64. The molecule has 6 heteroatoms. The lowest BCUT2D eigenvalue weighted by Crippen LogP contribution is -2.46. The summed E-state index contributed by atoms with van der Waals surface area (Å²) in [6.45, 7) is 6.24. The molecule has 0 aliphatic heterocycles. The fraction of sp³-hybridized carbons (Fsp3) is 0.875. The Morgan fingerprint density at radius 2 is 1.86 bits per heavy atom. The topological polar surface area (TPSA) is 49.3 Å². The Morgan fingerprint density at radius 3 is 2.14 bits per heavy atom. The lowest BCUT2D eigenvalue weighted by molar-refractivity contribution is -0.138. The molecule has 0 aliphatic carbocycles. The maximum Gasteiger partial charge on any atom is 0.293 e. The van der Waals surface area contributed by atoms with E-state index < -0.39 is 11.2 Å². The van der Waals surface area contributed by atoms with Crippen molar-refractivity contribution in [3.8, 4) is 0 Å². The van der Waals surface area contributed by atoms with Crippen LogP contribution in [0, 0.1) is 0 Å². The molecule has 0 amide bonds. The first-order valence-corrected chi connectivity index (χ1v) is 5.06. The molecule has 0 aromatic rings. The molecule has 1 unspecified atom stereocenters. The molecule has 0 saturated heterocycles. The average Bonchev–Trinajstić information content (AvgIpc) is 1.79. The van der Waals surface area contributed by atoms with Gasteiger partial charge in [0.15, 0.2) is 0 Å². The molecule has 0 aliphatic rings. The fourth-order valence-corrected chi connectivity index (χ4v) is 1.64. The van der Waals surface area contributed by atoms with E-state index in [0.29, 0.717) is 6.42 Å². The molecule has 0 saturated carbocycles. The SMILES string of the molecule is BC(CC(B)(B)C(=O)O)NC(C)(C)C. The van der Waals surface area contributed by atoms with Crippen molar-refractivity contribution in [1.82, 2.24) is 5.32 Å². The highest BCUT2D eigenvalue weighted by Gasteiger charge is 2.29. The summed E-state index contributed by atoms with van der Waals surface area (Å²) in [5, 5.41) is 11.7. The van der Waals surface area contributed by atoms with Crippen LogP contribution in [0.3, 0.4) is 0 Å². The molecule has 14 heavy (non-hydrogen) atoms. The summed E-state index contributed by atoms with van der Waals surface area (Å²) in [5.74, 6) is -0.527. The van der Waals surface area contributed by atoms with Crippen molar-refractivity contribution in [2.75, 3.05) is 0 Å². The highest BCUT2D eigenvalue weighted by atomic mass is 16.4. The van der Waals surface area contributed by atoms with E-state index in [0.717, 1.165) is 0 Å². The van der Waals surface area contributed by atoms with E-state index in [1.165, 1.54) is 0 Å². The van der Waals surface area contributed by atoms with Gasteiger partial charge in [-0.2, -0.15) is 0 Å². The Balaban J connectivity index is 4.19. The molecule has 0 bridgehead atoms. The van der Waals surface area contributed by atoms with Gasteiger partial charge in [0.25, 0.3) is 5.97 Å². The smallest absolute Gasteiger partial charge is 0.293 e. The van der Waals surface area contributed by atoms with E-state index in [1.807, 2.05) is 7.85 Å². The highest BCUT2D eigenvalue weighted by Crippen LogP contribution is 2.23. The number of rotatable bonds is 4. The van der Waals surface area contributed by atoms with Crippen molar-refractivity contribution < 1.29 is 9.90 Å². The molecule has 0 fully saturated rings. The first kappa shape index (κ1) is 13.6. The summed E-state index contributed by atoms with van der Waals surface area (Å²) in [5.41, 5.74) is 0.0357. The second kappa shape index (κ2) is 4.43. The third kappa shape index (κ3) is 5.38. The summed E-state index contributed by atoms with van der Waals surface area (Å²) in [6.07, 6.45) is 0.638. The van der Waals surface area contributed by atoms with Crippen LogP contribution in [-0.2, 0) is 4.79 Å². The minimum Gasteiger partial charge on any atom is -0.482 e. The van der Waals surface area contributed by atoms with Gasteiger partial charge in [0.2, 0.25) is 0 Å². The summed E-state index contributed by atoms with van der Waals surface area (Å²) in [7, 11) is 5.54. The average molecular weight is 195 g/mol. The molecule has 78 valence electrons. The van der Waals surface area contributed by atoms with Gasteiger partial charge in [0, 0.05) is 10.8 Å². The standard InChI is InChI=1S/C8H20B3NO2/c1-7(2,3)12-5(9)4-8(10,11)6(13)14/h5,12H,4,9-11H2,1-3H3,(H,13,14). The van der Waals surface area contributed by atoms with E-state index in [1.54, 1.807) is 15.7 Å². The van der Waals surface area contributed by atoms with Crippen molar-refractivity contribution in [3.63, 3.8) is 0 Å². The van der Waals surface area contributed by atoms with Gasteiger partial charge in [0.05, 0.1) is 0 Å². The van der Waals surface area contributed by atoms with Crippen LogP contribution < -0.4 is 5.32 Å². The monoisotopic (exact) mass is 195 g/mol. The number of aliphatic carboxylic acids is 1. The molecular formula is C8H20B3NO2. The summed E-state index contributed by atoms with van der Waals surface area (Å²) in [6, 6.07) is 0. The van der Waals surface area contributed by atoms with Crippen molar-refractivity contribution in [2.45, 2.75) is 43.9 Å². The quantitative estimate of drug-likeness (QED) is 0.519. The largest absolute Gasteiger partial charge is 0.482 e. The van der Waals surface area contributed by atoms with Gasteiger partial charge < -0.3 is 10.4 Å². The van der Waals surface area contributed by atoms with E-state index in [9.17, 15) is 4.79 Å². The second-order valence-corrected chi connectivity index (χ2v) is 5.69. The van der Waals surface area contributed by atoms with Crippen molar-refractivity contribution in [3.05, 3.63) is 0 Å². The molecule has 0 heterocycles. The number of nitrogens with one attached hydrogen (secondary N) is 1. The van der Waals surface area contributed by atoms with E-state index in [-0.39, 0.29) is 11.5 Å². The van der Waals surface area contributed by atoms with Crippen LogP contribution in [-0.4, -0.2) is 46.1 Å². The van der Waals surface area contributed by atoms with Crippen molar-refractivity contribution in [1.29, 1.82) is 0 Å². The number of carboxylic acids is 1. The molecule has 3 nitrogen and oxygen atoms in total. The third-order valence-corrected chi connectivity index (χ3v) is 2.07. The lowest BCUT2D eigenvalue weighted by atomic mass is 9.50. The van der Waals surface area contributed by atoms with Crippen LogP contribution in [0.25, 0.3) is 0 Å². The van der Waals surface area contributed by atoms with Gasteiger partial charge in [-0.25, -0.2) is 0 Å². The van der Waals surface area contributed by atoms with Crippen LogP contribution in [0.4, 0.5) is 0 Å². The number of carboxylic acid groups (broad SMARTS) is 1. The van der Waals surface area contributed by atoms with Crippen molar-refractivity contribution >= 4 is 29.5 Å². The Kier molecular flexibility index (Phi) is 4.31. The van der Waals surface area contributed by atoms with Gasteiger partial charge in [0.1, 0.15) is 23.5 Å². The summed E-state index contributed by atoms with van der Waals surface area (Å²) < 4.78 is 0. The van der Waals surface area contributed by atoms with E-state index >= 15 is 0 Å². The zero-order valence-corrected chi connectivity index (χ0v) is 10.1. The van der Waals surface area contributed by atoms with Gasteiger partial charge >= 0.3 is 0 Å². The second-order valence-electron chi connectivity index (χ2n) is 5.69. The van der Waals surface area contributed by atoms with Crippen LogP contribution in [0.2, 0.25) is 5.21 Å². The Bertz CT molecular complexity index is 213. The van der Waals surface area contributed by atoms with Crippen LogP contribution >= 0.6 is 0 Å². The van der Waals surface area contributed by atoms with Crippen LogP contribution in [0.15, 0.2) is 0 Å². The van der Waals surface area contributed by atoms with Crippen molar-refractivity contribution in [2.24, 2.45) is 0 Å². The van der Waals surface area contributed by atoms with Crippen LogP contribution in [0.5, 0.6) is 0 Å². The van der Waals surface area contributed by atoms with Gasteiger partial charge in [-0.3, -0.25) is 4.79 Å². The van der Waals surface area contributed by atoms with Gasteiger partial charge in [-0.1, -0.05) is 0 Å². The first-order chi connectivity index (χ1) is 6.04. The molecule has 0 radical (unpaired) electrons. The zero-order chi connectivity index (χ0) is 11.6.